The van der Waals surface area contributed by atoms with Crippen LogP contribution < -0.4 is 10.6 Å². The Kier molecular flexibility index (Phi) is 6.86. The van der Waals surface area contributed by atoms with E-state index in [0.29, 0.717) is 12.1 Å². The van der Waals surface area contributed by atoms with Crippen LogP contribution in [-0.4, -0.2) is 45.0 Å². The largest absolute Gasteiger partial charge is 0.481 e. The molecule has 0 aliphatic heterocycles. The summed E-state index contributed by atoms with van der Waals surface area (Å²) >= 11 is 0. The first-order chi connectivity index (χ1) is 16.7. The van der Waals surface area contributed by atoms with Gasteiger partial charge < -0.3 is 15.2 Å². The van der Waals surface area contributed by atoms with Crippen LogP contribution in [-0.2, 0) is 20.9 Å². The van der Waals surface area contributed by atoms with Crippen molar-refractivity contribution < 1.29 is 24.2 Å². The molecule has 1 aliphatic rings. The van der Waals surface area contributed by atoms with Crippen molar-refractivity contribution in [1.29, 1.82) is 0 Å². The van der Waals surface area contributed by atoms with Crippen LogP contribution in [0.2, 0.25) is 0 Å². The van der Waals surface area contributed by atoms with Crippen molar-refractivity contribution in [2.45, 2.75) is 44.7 Å². The lowest BCUT2D eigenvalue weighted by atomic mass is 9.98. The number of rotatable bonds is 9. The summed E-state index contributed by atoms with van der Waals surface area (Å²) in [6, 6.07) is 16.2. The summed E-state index contributed by atoms with van der Waals surface area (Å²) in [5.74, 6) is -1.26. The van der Waals surface area contributed by atoms with Crippen LogP contribution in [0.4, 0.5) is 10.5 Å². The minimum atomic E-state index is -0.914. The van der Waals surface area contributed by atoms with Gasteiger partial charge >= 0.3 is 12.1 Å². The van der Waals surface area contributed by atoms with Gasteiger partial charge in [-0.3, -0.25) is 19.6 Å². The lowest BCUT2D eigenvalue weighted by molar-refractivity contribution is -0.137. The number of nitrogens with one attached hydrogen (secondary N) is 2. The summed E-state index contributed by atoms with van der Waals surface area (Å²) in [6.45, 7) is 3.66. The van der Waals surface area contributed by atoms with Crippen LogP contribution in [0.5, 0.6) is 0 Å². The van der Waals surface area contributed by atoms with Gasteiger partial charge in [-0.1, -0.05) is 48.5 Å². The summed E-state index contributed by atoms with van der Waals surface area (Å²) in [5.41, 5.74) is 4.31. The van der Waals surface area contributed by atoms with E-state index in [0.717, 1.165) is 22.3 Å². The highest BCUT2D eigenvalue weighted by Crippen LogP contribution is 2.44. The number of ether oxygens (including phenoxy) is 1. The Morgan fingerprint density at radius 1 is 1.06 bits per heavy atom. The van der Waals surface area contributed by atoms with Gasteiger partial charge in [-0.2, -0.15) is 5.10 Å². The van der Waals surface area contributed by atoms with Gasteiger partial charge in [0.05, 0.1) is 11.9 Å². The standard InChI is InChI=1S/C26H28N4O5/c1-26(2,12-11-24(32)33)29-23(31)15-30-14-17(13-27-30)28-25(34)35-16-22-20-9-5-3-7-18(20)19-8-4-6-10-21(19)22/h3-10,13-14,22H,11-12,15-16H2,1-2H3,(H,28,34)(H,29,31)(H,32,33). The molecule has 1 aliphatic carbocycles. The number of aliphatic carboxylic acids is 1. The summed E-state index contributed by atoms with van der Waals surface area (Å²) in [7, 11) is 0. The van der Waals surface area contributed by atoms with Crippen LogP contribution in [0.3, 0.4) is 0 Å². The maximum Gasteiger partial charge on any atom is 0.411 e. The van der Waals surface area contributed by atoms with Crippen molar-refractivity contribution in [3.05, 3.63) is 72.1 Å². The van der Waals surface area contributed by atoms with E-state index in [2.05, 4.69) is 40.0 Å². The highest BCUT2D eigenvalue weighted by molar-refractivity contribution is 5.85. The number of hydrogen-bond donors (Lipinski definition) is 3. The van der Waals surface area contributed by atoms with E-state index in [4.69, 9.17) is 9.84 Å². The molecule has 2 aromatic carbocycles. The molecule has 4 rings (SSSR count). The van der Waals surface area contributed by atoms with E-state index >= 15 is 0 Å². The number of carboxylic acid groups (broad SMARTS) is 1. The zero-order valence-electron chi connectivity index (χ0n) is 19.7. The first-order valence-corrected chi connectivity index (χ1v) is 11.4. The molecule has 0 atom stereocenters. The Balaban J connectivity index is 1.30. The second-order valence-electron chi connectivity index (χ2n) is 9.20. The molecule has 0 spiro atoms. The third-order valence-corrected chi connectivity index (χ3v) is 5.97. The average Bonchev–Trinajstić information content (AvgIpc) is 3.37. The zero-order chi connectivity index (χ0) is 25.0. The molecule has 0 bridgehead atoms. The molecule has 9 nitrogen and oxygen atoms in total. The van der Waals surface area contributed by atoms with Crippen molar-refractivity contribution >= 4 is 23.7 Å². The van der Waals surface area contributed by atoms with Gasteiger partial charge in [-0.15, -0.1) is 0 Å². The third kappa shape index (κ3) is 5.87. The molecule has 182 valence electrons. The molecule has 0 radical (unpaired) electrons. The SMILES string of the molecule is CC(C)(CCC(=O)O)NC(=O)Cn1cc(NC(=O)OCC2c3ccccc3-c3ccccc32)cn1. The van der Waals surface area contributed by atoms with Crippen molar-refractivity contribution in [2.75, 3.05) is 11.9 Å². The molecule has 9 heteroatoms. The Morgan fingerprint density at radius 2 is 1.69 bits per heavy atom. The first-order valence-electron chi connectivity index (χ1n) is 11.4. The number of anilines is 1. The van der Waals surface area contributed by atoms with Crippen molar-refractivity contribution in [3.63, 3.8) is 0 Å². The Labute approximate surface area is 203 Å². The average molecular weight is 477 g/mol. The van der Waals surface area contributed by atoms with Gasteiger partial charge in [-0.25, -0.2) is 4.79 Å². The monoisotopic (exact) mass is 476 g/mol. The van der Waals surface area contributed by atoms with Crippen LogP contribution in [0.15, 0.2) is 60.9 Å². The van der Waals surface area contributed by atoms with Crippen LogP contribution in [0.25, 0.3) is 11.1 Å². The van der Waals surface area contributed by atoms with Crippen molar-refractivity contribution in [2.24, 2.45) is 0 Å². The number of benzene rings is 2. The van der Waals surface area contributed by atoms with Gasteiger partial charge in [-0.05, 0) is 42.5 Å². The fourth-order valence-corrected chi connectivity index (χ4v) is 4.31. The first kappa shape index (κ1) is 24.0. The molecule has 0 unspecified atom stereocenters. The number of aromatic nitrogens is 2. The van der Waals surface area contributed by atoms with E-state index in [1.54, 1.807) is 13.8 Å². The number of hydrogen-bond acceptors (Lipinski definition) is 5. The number of carboxylic acids is 1. The maximum atomic E-state index is 12.4. The molecule has 1 aromatic heterocycles. The molecular formula is C26H28N4O5. The van der Waals surface area contributed by atoms with Gasteiger partial charge in [0.2, 0.25) is 5.91 Å². The lowest BCUT2D eigenvalue weighted by Gasteiger charge is -2.25. The van der Waals surface area contributed by atoms with E-state index in [1.165, 1.54) is 17.1 Å². The quantitative estimate of drug-likeness (QED) is 0.429. The molecule has 0 fully saturated rings. The highest BCUT2D eigenvalue weighted by Gasteiger charge is 2.29. The molecule has 1 heterocycles. The van der Waals surface area contributed by atoms with Gasteiger partial charge in [0.25, 0.3) is 0 Å². The number of carbonyl (C=O) groups excluding carboxylic acids is 2. The van der Waals surface area contributed by atoms with Gasteiger partial charge in [0, 0.05) is 24.1 Å². The summed E-state index contributed by atoms with van der Waals surface area (Å²) in [6.07, 6.45) is 2.63. The van der Waals surface area contributed by atoms with Crippen LogP contribution in [0, 0.1) is 0 Å². The molecular weight excluding hydrogens is 448 g/mol. The second-order valence-corrected chi connectivity index (χ2v) is 9.20. The highest BCUT2D eigenvalue weighted by atomic mass is 16.5. The Morgan fingerprint density at radius 3 is 2.31 bits per heavy atom. The fourth-order valence-electron chi connectivity index (χ4n) is 4.31. The van der Waals surface area contributed by atoms with E-state index in [-0.39, 0.29) is 31.4 Å². The smallest absolute Gasteiger partial charge is 0.411 e. The van der Waals surface area contributed by atoms with Gasteiger partial charge in [0.15, 0.2) is 0 Å². The molecule has 0 saturated carbocycles. The lowest BCUT2D eigenvalue weighted by Crippen LogP contribution is -2.45. The molecule has 2 amide bonds. The molecule has 3 N–H and O–H groups in total. The van der Waals surface area contributed by atoms with Crippen molar-refractivity contribution in [1.82, 2.24) is 15.1 Å². The number of amides is 2. The maximum absolute atomic E-state index is 12.4. The predicted molar refractivity (Wildman–Crippen MR) is 130 cm³/mol. The minimum absolute atomic E-state index is 0.0379. The predicted octanol–water partition coefficient (Wildman–Crippen LogP) is 4.00. The van der Waals surface area contributed by atoms with E-state index < -0.39 is 17.6 Å². The fraction of sp³-hybridized carbons (Fsp3) is 0.308. The molecule has 35 heavy (non-hydrogen) atoms. The molecule has 3 aromatic rings. The summed E-state index contributed by atoms with van der Waals surface area (Å²) in [5, 5.41) is 18.4. The number of carbonyl (C=O) groups is 3. The normalized spacial score (nSPS) is 12.5. The number of nitrogens with zero attached hydrogens (tertiary/aromatic N) is 2. The van der Waals surface area contributed by atoms with E-state index in [1.807, 2.05) is 24.3 Å². The zero-order valence-corrected chi connectivity index (χ0v) is 19.7. The minimum Gasteiger partial charge on any atom is -0.481 e. The summed E-state index contributed by atoms with van der Waals surface area (Å²) in [4.78, 5) is 35.5. The third-order valence-electron chi connectivity index (χ3n) is 5.97. The summed E-state index contributed by atoms with van der Waals surface area (Å²) < 4.78 is 6.92. The molecule has 0 saturated heterocycles. The second kappa shape index (κ2) is 10.0. The number of fused-ring (bicyclic) bond motifs is 3. The van der Waals surface area contributed by atoms with Gasteiger partial charge in [0.1, 0.15) is 13.2 Å². The Hall–Kier alpha value is -4.14. The van der Waals surface area contributed by atoms with Crippen LogP contribution >= 0.6 is 0 Å². The topological polar surface area (TPSA) is 123 Å². The van der Waals surface area contributed by atoms with Crippen LogP contribution in [0.1, 0.15) is 43.7 Å². The Bertz CT molecular complexity index is 1200. The van der Waals surface area contributed by atoms with Crippen molar-refractivity contribution in [3.8, 4) is 11.1 Å². The van der Waals surface area contributed by atoms with E-state index in [9.17, 15) is 14.4 Å².